The number of sulfonamides is 1. The first kappa shape index (κ1) is 18.2. The molecule has 1 aromatic heterocycles. The van der Waals surface area contributed by atoms with Gasteiger partial charge in [-0.1, -0.05) is 18.5 Å². The Labute approximate surface area is 135 Å². The van der Waals surface area contributed by atoms with E-state index in [0.29, 0.717) is 16.8 Å². The molecule has 0 spiro atoms. The van der Waals surface area contributed by atoms with Crippen LogP contribution in [0.3, 0.4) is 0 Å². The SMILES string of the molecule is CCCN=C(NCC)NCCNS(=O)(=O)c1ccc(Cl)s1. The van der Waals surface area contributed by atoms with E-state index in [0.717, 1.165) is 30.8 Å². The summed E-state index contributed by atoms with van der Waals surface area (Å²) in [6.07, 6.45) is 0.961. The van der Waals surface area contributed by atoms with Gasteiger partial charge < -0.3 is 10.6 Å². The summed E-state index contributed by atoms with van der Waals surface area (Å²) < 4.78 is 27.1. The average molecular weight is 353 g/mol. The third-order valence-electron chi connectivity index (χ3n) is 2.36. The van der Waals surface area contributed by atoms with Gasteiger partial charge in [-0.15, -0.1) is 11.3 Å². The molecule has 0 atom stereocenters. The first-order chi connectivity index (χ1) is 9.99. The van der Waals surface area contributed by atoms with Gasteiger partial charge in [0.2, 0.25) is 10.0 Å². The van der Waals surface area contributed by atoms with Crippen LogP contribution in [-0.4, -0.2) is 40.6 Å². The Morgan fingerprint density at radius 2 is 2.05 bits per heavy atom. The molecule has 1 heterocycles. The molecule has 0 radical (unpaired) electrons. The topological polar surface area (TPSA) is 82.6 Å². The normalized spacial score (nSPS) is 12.4. The van der Waals surface area contributed by atoms with E-state index in [1.165, 1.54) is 6.07 Å². The maximum atomic E-state index is 12.0. The molecule has 0 saturated carbocycles. The maximum absolute atomic E-state index is 12.0. The lowest BCUT2D eigenvalue weighted by atomic mass is 10.5. The maximum Gasteiger partial charge on any atom is 0.250 e. The van der Waals surface area contributed by atoms with Gasteiger partial charge in [0, 0.05) is 26.2 Å². The molecule has 0 unspecified atom stereocenters. The van der Waals surface area contributed by atoms with Crippen LogP contribution in [0.15, 0.2) is 21.3 Å². The number of guanidine groups is 1. The standard InChI is InChI=1S/C12H21ClN4O2S2/c1-3-7-15-12(14-4-2)16-8-9-17-21(18,19)11-6-5-10(13)20-11/h5-6,17H,3-4,7-9H2,1-2H3,(H2,14,15,16). The van der Waals surface area contributed by atoms with Crippen LogP contribution in [0.5, 0.6) is 0 Å². The third-order valence-corrected chi connectivity index (χ3v) is 5.54. The van der Waals surface area contributed by atoms with Gasteiger partial charge in [-0.3, -0.25) is 4.99 Å². The van der Waals surface area contributed by atoms with E-state index in [-0.39, 0.29) is 10.8 Å². The number of hydrogen-bond acceptors (Lipinski definition) is 4. The zero-order valence-electron chi connectivity index (χ0n) is 12.1. The Balaban J connectivity index is 2.42. The molecule has 0 fully saturated rings. The molecule has 0 amide bonds. The summed E-state index contributed by atoms with van der Waals surface area (Å²) in [5, 5.41) is 6.17. The van der Waals surface area contributed by atoms with Crippen LogP contribution in [-0.2, 0) is 10.0 Å². The minimum Gasteiger partial charge on any atom is -0.357 e. The number of rotatable bonds is 8. The summed E-state index contributed by atoms with van der Waals surface area (Å²) in [4.78, 5) is 4.33. The lowest BCUT2D eigenvalue weighted by molar-refractivity contribution is 0.582. The molecule has 1 aromatic rings. The monoisotopic (exact) mass is 352 g/mol. The summed E-state index contributed by atoms with van der Waals surface area (Å²) >= 11 is 6.78. The van der Waals surface area contributed by atoms with Gasteiger partial charge in [0.05, 0.1) is 4.34 Å². The Morgan fingerprint density at radius 3 is 2.62 bits per heavy atom. The Kier molecular flexibility index (Phi) is 8.02. The second-order valence-corrected chi connectivity index (χ2v) is 7.85. The van der Waals surface area contributed by atoms with Gasteiger partial charge in [0.1, 0.15) is 4.21 Å². The summed E-state index contributed by atoms with van der Waals surface area (Å²) in [6, 6.07) is 3.06. The first-order valence-corrected chi connectivity index (χ1v) is 9.44. The number of nitrogens with zero attached hydrogens (tertiary/aromatic N) is 1. The van der Waals surface area contributed by atoms with Crippen LogP contribution >= 0.6 is 22.9 Å². The number of thiophene rings is 1. The molecule has 120 valence electrons. The van der Waals surface area contributed by atoms with E-state index in [2.05, 4.69) is 20.3 Å². The molecule has 6 nitrogen and oxygen atoms in total. The second kappa shape index (κ2) is 9.24. The quantitative estimate of drug-likeness (QED) is 0.377. The highest BCUT2D eigenvalue weighted by atomic mass is 35.5. The molecular formula is C12H21ClN4O2S2. The predicted molar refractivity (Wildman–Crippen MR) is 88.8 cm³/mol. The van der Waals surface area contributed by atoms with E-state index in [4.69, 9.17) is 11.6 Å². The van der Waals surface area contributed by atoms with Crippen molar-refractivity contribution in [3.8, 4) is 0 Å². The van der Waals surface area contributed by atoms with E-state index >= 15 is 0 Å². The number of nitrogens with one attached hydrogen (secondary N) is 3. The smallest absolute Gasteiger partial charge is 0.250 e. The molecular weight excluding hydrogens is 332 g/mol. The highest BCUT2D eigenvalue weighted by molar-refractivity contribution is 7.91. The molecule has 0 saturated heterocycles. The van der Waals surface area contributed by atoms with E-state index in [1.807, 2.05) is 13.8 Å². The van der Waals surface area contributed by atoms with Gasteiger partial charge in [-0.25, -0.2) is 13.1 Å². The van der Waals surface area contributed by atoms with Crippen molar-refractivity contribution in [1.82, 2.24) is 15.4 Å². The van der Waals surface area contributed by atoms with Gasteiger partial charge in [-0.05, 0) is 25.5 Å². The fraction of sp³-hybridized carbons (Fsp3) is 0.583. The summed E-state index contributed by atoms with van der Waals surface area (Å²) in [5.41, 5.74) is 0. The van der Waals surface area contributed by atoms with Crippen molar-refractivity contribution in [3.63, 3.8) is 0 Å². The Bertz CT molecular complexity index is 557. The van der Waals surface area contributed by atoms with Crippen LogP contribution in [0.1, 0.15) is 20.3 Å². The number of halogens is 1. The zero-order valence-corrected chi connectivity index (χ0v) is 14.5. The fourth-order valence-corrected chi connectivity index (χ4v) is 4.00. The highest BCUT2D eigenvalue weighted by Gasteiger charge is 2.15. The van der Waals surface area contributed by atoms with E-state index < -0.39 is 10.0 Å². The lowest BCUT2D eigenvalue weighted by Gasteiger charge is -2.11. The number of aliphatic imine (C=N–C) groups is 1. The van der Waals surface area contributed by atoms with Crippen LogP contribution in [0.2, 0.25) is 4.34 Å². The molecule has 0 aliphatic heterocycles. The molecule has 21 heavy (non-hydrogen) atoms. The van der Waals surface area contributed by atoms with E-state index in [9.17, 15) is 8.42 Å². The van der Waals surface area contributed by atoms with Crippen LogP contribution in [0.4, 0.5) is 0 Å². The van der Waals surface area contributed by atoms with Crippen molar-refractivity contribution < 1.29 is 8.42 Å². The molecule has 0 aliphatic rings. The lowest BCUT2D eigenvalue weighted by Crippen LogP contribution is -2.41. The molecule has 3 N–H and O–H groups in total. The minimum atomic E-state index is -3.48. The van der Waals surface area contributed by atoms with E-state index in [1.54, 1.807) is 6.07 Å². The number of hydrogen-bond donors (Lipinski definition) is 3. The highest BCUT2D eigenvalue weighted by Crippen LogP contribution is 2.24. The van der Waals surface area contributed by atoms with Crippen molar-refractivity contribution in [3.05, 3.63) is 16.5 Å². The van der Waals surface area contributed by atoms with Crippen molar-refractivity contribution in [2.24, 2.45) is 4.99 Å². The Hall–Kier alpha value is -0.830. The average Bonchev–Trinajstić information content (AvgIpc) is 2.88. The molecule has 9 heteroatoms. The van der Waals surface area contributed by atoms with Crippen molar-refractivity contribution in [2.45, 2.75) is 24.5 Å². The third kappa shape index (κ3) is 6.64. The summed E-state index contributed by atoms with van der Waals surface area (Å²) in [5.74, 6) is 0.692. The minimum absolute atomic E-state index is 0.221. The zero-order chi connectivity index (χ0) is 15.7. The summed E-state index contributed by atoms with van der Waals surface area (Å²) in [6.45, 7) is 6.24. The van der Waals surface area contributed by atoms with Gasteiger partial charge >= 0.3 is 0 Å². The van der Waals surface area contributed by atoms with Crippen molar-refractivity contribution in [1.29, 1.82) is 0 Å². The van der Waals surface area contributed by atoms with Crippen molar-refractivity contribution >= 4 is 38.9 Å². The van der Waals surface area contributed by atoms with Crippen LogP contribution in [0.25, 0.3) is 0 Å². The fourth-order valence-electron chi connectivity index (χ4n) is 1.44. The Morgan fingerprint density at radius 1 is 1.29 bits per heavy atom. The first-order valence-electron chi connectivity index (χ1n) is 6.76. The van der Waals surface area contributed by atoms with Gasteiger partial charge in [-0.2, -0.15) is 0 Å². The predicted octanol–water partition coefficient (Wildman–Crippen LogP) is 1.64. The molecule has 1 rings (SSSR count). The molecule has 0 aromatic carbocycles. The summed E-state index contributed by atoms with van der Waals surface area (Å²) in [7, 11) is -3.48. The van der Waals surface area contributed by atoms with Gasteiger partial charge in [0.25, 0.3) is 0 Å². The largest absolute Gasteiger partial charge is 0.357 e. The van der Waals surface area contributed by atoms with Crippen LogP contribution in [0, 0.1) is 0 Å². The molecule has 0 aliphatic carbocycles. The van der Waals surface area contributed by atoms with Crippen LogP contribution < -0.4 is 15.4 Å². The van der Waals surface area contributed by atoms with Crippen molar-refractivity contribution in [2.75, 3.05) is 26.2 Å². The van der Waals surface area contributed by atoms with Gasteiger partial charge in [0.15, 0.2) is 5.96 Å². The molecule has 0 bridgehead atoms. The second-order valence-electron chi connectivity index (χ2n) is 4.14.